The van der Waals surface area contributed by atoms with Crippen molar-refractivity contribution in [1.29, 1.82) is 0 Å². The molecule has 0 unspecified atom stereocenters. The standard InChI is InChI=1S/C22H24N2O/c1-4-6-22(25)23-19-8-5-7-17(14-19)20-12-10-18-13-16(15(2)3)9-11-21(18)24-20/h5,7-15H,4,6H2,1-3H3,(H,23,25). The van der Waals surface area contributed by atoms with Crippen molar-refractivity contribution in [1.82, 2.24) is 4.98 Å². The zero-order valence-corrected chi connectivity index (χ0v) is 15.0. The van der Waals surface area contributed by atoms with Crippen molar-refractivity contribution < 1.29 is 4.79 Å². The number of hydrogen-bond donors (Lipinski definition) is 1. The van der Waals surface area contributed by atoms with Gasteiger partial charge in [0.1, 0.15) is 0 Å². The molecule has 0 aliphatic rings. The lowest BCUT2D eigenvalue weighted by molar-refractivity contribution is -0.116. The van der Waals surface area contributed by atoms with Crippen molar-refractivity contribution in [3.8, 4) is 11.3 Å². The highest BCUT2D eigenvalue weighted by Gasteiger charge is 2.06. The lowest BCUT2D eigenvalue weighted by Gasteiger charge is -2.09. The summed E-state index contributed by atoms with van der Waals surface area (Å²) in [7, 11) is 0. The van der Waals surface area contributed by atoms with E-state index < -0.39 is 0 Å². The van der Waals surface area contributed by atoms with Crippen LogP contribution in [0.4, 0.5) is 5.69 Å². The zero-order chi connectivity index (χ0) is 17.8. The van der Waals surface area contributed by atoms with E-state index >= 15 is 0 Å². The number of nitrogens with zero attached hydrogens (tertiary/aromatic N) is 1. The smallest absolute Gasteiger partial charge is 0.224 e. The summed E-state index contributed by atoms with van der Waals surface area (Å²) in [4.78, 5) is 16.6. The Balaban J connectivity index is 1.91. The molecule has 1 aromatic heterocycles. The maximum atomic E-state index is 11.8. The SMILES string of the molecule is CCCC(=O)Nc1cccc(-c2ccc3cc(C(C)C)ccc3n2)c1. The highest BCUT2D eigenvalue weighted by atomic mass is 16.1. The summed E-state index contributed by atoms with van der Waals surface area (Å²) in [5, 5.41) is 4.10. The van der Waals surface area contributed by atoms with E-state index in [2.05, 4.69) is 43.4 Å². The van der Waals surface area contributed by atoms with Crippen LogP contribution in [0, 0.1) is 0 Å². The van der Waals surface area contributed by atoms with Gasteiger partial charge in [-0.05, 0) is 48.2 Å². The summed E-state index contributed by atoms with van der Waals surface area (Å²) < 4.78 is 0. The fraction of sp³-hybridized carbons (Fsp3) is 0.273. The topological polar surface area (TPSA) is 42.0 Å². The molecule has 0 radical (unpaired) electrons. The Hall–Kier alpha value is -2.68. The van der Waals surface area contributed by atoms with Crippen LogP contribution in [0.5, 0.6) is 0 Å². The Labute approximate surface area is 149 Å². The van der Waals surface area contributed by atoms with Gasteiger partial charge in [0.05, 0.1) is 11.2 Å². The van der Waals surface area contributed by atoms with Crippen molar-refractivity contribution in [2.75, 3.05) is 5.32 Å². The Kier molecular flexibility index (Phi) is 5.13. The molecule has 0 atom stereocenters. The molecule has 0 aliphatic heterocycles. The van der Waals surface area contributed by atoms with Crippen LogP contribution >= 0.6 is 0 Å². The van der Waals surface area contributed by atoms with E-state index in [0.717, 1.165) is 34.3 Å². The van der Waals surface area contributed by atoms with Crippen molar-refractivity contribution in [2.45, 2.75) is 39.5 Å². The van der Waals surface area contributed by atoms with Gasteiger partial charge >= 0.3 is 0 Å². The van der Waals surface area contributed by atoms with Crippen molar-refractivity contribution >= 4 is 22.5 Å². The Morgan fingerprint density at radius 2 is 1.92 bits per heavy atom. The van der Waals surface area contributed by atoms with Crippen LogP contribution in [0.25, 0.3) is 22.2 Å². The molecule has 1 heterocycles. The van der Waals surface area contributed by atoms with E-state index in [1.165, 1.54) is 5.56 Å². The van der Waals surface area contributed by atoms with E-state index in [-0.39, 0.29) is 5.91 Å². The molecule has 0 spiro atoms. The molecule has 2 aromatic carbocycles. The van der Waals surface area contributed by atoms with E-state index in [1.54, 1.807) is 0 Å². The van der Waals surface area contributed by atoms with Crippen LogP contribution in [-0.4, -0.2) is 10.9 Å². The first-order chi connectivity index (χ1) is 12.1. The molecule has 25 heavy (non-hydrogen) atoms. The minimum atomic E-state index is 0.0485. The fourth-order valence-corrected chi connectivity index (χ4v) is 2.87. The molecule has 3 aromatic rings. The number of fused-ring (bicyclic) bond motifs is 1. The summed E-state index contributed by atoms with van der Waals surface area (Å²) >= 11 is 0. The molecule has 0 saturated carbocycles. The second-order valence-electron chi connectivity index (χ2n) is 6.68. The zero-order valence-electron chi connectivity index (χ0n) is 15.0. The van der Waals surface area contributed by atoms with Gasteiger partial charge < -0.3 is 5.32 Å². The van der Waals surface area contributed by atoms with E-state index in [1.807, 2.05) is 37.3 Å². The number of carbonyl (C=O) groups is 1. The third-order valence-electron chi connectivity index (χ3n) is 4.30. The number of carbonyl (C=O) groups excluding carboxylic acids is 1. The highest BCUT2D eigenvalue weighted by molar-refractivity contribution is 5.91. The summed E-state index contributed by atoms with van der Waals surface area (Å²) in [6.07, 6.45) is 1.38. The number of benzene rings is 2. The Morgan fingerprint density at radius 3 is 2.68 bits per heavy atom. The van der Waals surface area contributed by atoms with Gasteiger partial charge in [-0.3, -0.25) is 4.79 Å². The molecular formula is C22H24N2O. The predicted molar refractivity (Wildman–Crippen MR) is 105 cm³/mol. The summed E-state index contributed by atoms with van der Waals surface area (Å²) in [5.41, 5.74) is 5.04. The maximum Gasteiger partial charge on any atom is 0.224 e. The summed E-state index contributed by atoms with van der Waals surface area (Å²) in [6.45, 7) is 6.39. The molecule has 1 N–H and O–H groups in total. The van der Waals surface area contributed by atoms with E-state index in [0.29, 0.717) is 12.3 Å². The Bertz CT molecular complexity index is 899. The van der Waals surface area contributed by atoms with Crippen LogP contribution in [0.1, 0.15) is 45.1 Å². The van der Waals surface area contributed by atoms with Gasteiger partial charge in [0.2, 0.25) is 5.91 Å². The second-order valence-corrected chi connectivity index (χ2v) is 6.68. The average molecular weight is 332 g/mol. The molecule has 0 saturated heterocycles. The quantitative estimate of drug-likeness (QED) is 0.645. The van der Waals surface area contributed by atoms with Crippen LogP contribution in [0.2, 0.25) is 0 Å². The lowest BCUT2D eigenvalue weighted by atomic mass is 10.0. The first kappa shape index (κ1) is 17.2. The predicted octanol–water partition coefficient (Wildman–Crippen LogP) is 5.76. The van der Waals surface area contributed by atoms with Gasteiger partial charge in [-0.1, -0.05) is 45.0 Å². The first-order valence-corrected chi connectivity index (χ1v) is 8.88. The molecule has 3 rings (SSSR count). The third-order valence-corrected chi connectivity index (χ3v) is 4.30. The Morgan fingerprint density at radius 1 is 1.08 bits per heavy atom. The van der Waals surface area contributed by atoms with Crippen molar-refractivity contribution in [2.24, 2.45) is 0 Å². The lowest BCUT2D eigenvalue weighted by Crippen LogP contribution is -2.10. The van der Waals surface area contributed by atoms with Gasteiger partial charge in [0.15, 0.2) is 0 Å². The van der Waals surface area contributed by atoms with Crippen molar-refractivity contribution in [3.05, 3.63) is 60.2 Å². The monoisotopic (exact) mass is 332 g/mol. The molecule has 0 fully saturated rings. The first-order valence-electron chi connectivity index (χ1n) is 8.88. The number of pyridine rings is 1. The van der Waals surface area contributed by atoms with Crippen LogP contribution < -0.4 is 5.32 Å². The minimum absolute atomic E-state index is 0.0485. The second kappa shape index (κ2) is 7.47. The van der Waals surface area contributed by atoms with Crippen LogP contribution in [0.15, 0.2) is 54.6 Å². The largest absolute Gasteiger partial charge is 0.326 e. The average Bonchev–Trinajstić information content (AvgIpc) is 2.61. The number of aromatic nitrogens is 1. The van der Waals surface area contributed by atoms with Gasteiger partial charge in [-0.15, -0.1) is 0 Å². The van der Waals surface area contributed by atoms with Gasteiger partial charge in [-0.2, -0.15) is 0 Å². The highest BCUT2D eigenvalue weighted by Crippen LogP contribution is 2.25. The number of anilines is 1. The van der Waals surface area contributed by atoms with Crippen LogP contribution in [-0.2, 0) is 4.79 Å². The molecule has 3 nitrogen and oxygen atoms in total. The molecule has 3 heteroatoms. The van der Waals surface area contributed by atoms with E-state index in [9.17, 15) is 4.79 Å². The minimum Gasteiger partial charge on any atom is -0.326 e. The van der Waals surface area contributed by atoms with Crippen molar-refractivity contribution in [3.63, 3.8) is 0 Å². The van der Waals surface area contributed by atoms with Gasteiger partial charge in [0.25, 0.3) is 0 Å². The molecular weight excluding hydrogens is 308 g/mol. The van der Waals surface area contributed by atoms with Gasteiger partial charge in [-0.25, -0.2) is 4.98 Å². The number of amides is 1. The summed E-state index contributed by atoms with van der Waals surface area (Å²) in [5.74, 6) is 0.555. The number of rotatable bonds is 5. The number of nitrogens with one attached hydrogen (secondary N) is 1. The molecule has 1 amide bonds. The molecule has 0 aliphatic carbocycles. The fourth-order valence-electron chi connectivity index (χ4n) is 2.87. The molecule has 0 bridgehead atoms. The normalized spacial score (nSPS) is 11.0. The van der Waals surface area contributed by atoms with E-state index in [4.69, 9.17) is 4.98 Å². The summed E-state index contributed by atoms with van der Waals surface area (Å²) in [6, 6.07) is 18.4. The van der Waals surface area contributed by atoms with Gasteiger partial charge in [0, 0.05) is 23.1 Å². The third kappa shape index (κ3) is 4.05. The van der Waals surface area contributed by atoms with Crippen LogP contribution in [0.3, 0.4) is 0 Å². The maximum absolute atomic E-state index is 11.8. The molecule has 128 valence electrons. The number of hydrogen-bond acceptors (Lipinski definition) is 2.